The predicted octanol–water partition coefficient (Wildman–Crippen LogP) is 13.6. The van der Waals surface area contributed by atoms with Crippen LogP contribution in [0.15, 0.2) is 194 Å². The smallest absolute Gasteiger partial charge is 0.159 e. The molecule has 11 rings (SSSR count). The van der Waals surface area contributed by atoms with Crippen LogP contribution in [0, 0.1) is 0 Å². The Labute approximate surface area is 343 Å². The number of hydrogen-bond acceptors (Lipinski definition) is 3. The van der Waals surface area contributed by atoms with Crippen LogP contribution in [0.2, 0.25) is 13.1 Å². The number of thiophene rings is 1. The van der Waals surface area contributed by atoms with Crippen molar-refractivity contribution in [2.45, 2.75) is 13.1 Å². The van der Waals surface area contributed by atoms with Gasteiger partial charge < -0.3 is 0 Å². The molecule has 0 aliphatic carbocycles. The van der Waals surface area contributed by atoms with Gasteiger partial charge in [-0.05, 0) is 91.7 Å². The Morgan fingerprint density at radius 2 is 0.879 bits per heavy atom. The van der Waals surface area contributed by atoms with E-state index in [1.807, 2.05) is 11.3 Å². The summed E-state index contributed by atoms with van der Waals surface area (Å²) in [5, 5.41) is 5.22. The first-order chi connectivity index (χ1) is 28.5. The largest absolute Gasteiger partial charge is 0.237 e. The second-order valence-electron chi connectivity index (χ2n) is 15.8. The Morgan fingerprint density at radius 1 is 0.397 bits per heavy atom. The zero-order valence-corrected chi connectivity index (χ0v) is 34.1. The lowest BCUT2D eigenvalue weighted by Crippen LogP contribution is -2.50. The van der Waals surface area contributed by atoms with Crippen LogP contribution < -0.4 is 10.5 Å². The Hall–Kier alpha value is -6.72. The van der Waals surface area contributed by atoms with Gasteiger partial charge in [0.05, 0.1) is 5.69 Å². The number of benzene rings is 8. The number of aromatic nitrogens is 2. The minimum absolute atomic E-state index is 0.779. The standard InChI is InChI=1S/C54H38N2SSi/c1-58(2)49-29-12-10-25-46(49)50-51(47-27-15-26-45-44-24-9-11-28-48(44)57-52(45)47)55-53(56-54(50)58)40-23-14-21-38(31-40)37-20-13-22-39(30-37)43-33-41(35-16-5-3-6-17-35)32-42(34-43)36-18-7-4-8-19-36/h3-34H,1-2H3. The summed E-state index contributed by atoms with van der Waals surface area (Å²) < 4.78 is 2.57. The lowest BCUT2D eigenvalue weighted by Gasteiger charge is -2.19. The molecule has 2 nitrogen and oxygen atoms in total. The van der Waals surface area contributed by atoms with E-state index < -0.39 is 8.07 Å². The third-order valence-corrected chi connectivity index (χ3v) is 16.4. The van der Waals surface area contributed by atoms with Gasteiger partial charge in [-0.3, -0.25) is 0 Å². The van der Waals surface area contributed by atoms with Gasteiger partial charge in [0.25, 0.3) is 0 Å². The lowest BCUT2D eigenvalue weighted by molar-refractivity contribution is 1.21. The molecule has 58 heavy (non-hydrogen) atoms. The highest BCUT2D eigenvalue weighted by Crippen LogP contribution is 2.44. The van der Waals surface area contributed by atoms with Gasteiger partial charge in [0.2, 0.25) is 0 Å². The molecule has 10 aromatic rings. The summed E-state index contributed by atoms with van der Waals surface area (Å²) in [5.74, 6) is 0.779. The van der Waals surface area contributed by atoms with Crippen molar-refractivity contribution in [3.05, 3.63) is 194 Å². The minimum Gasteiger partial charge on any atom is -0.237 e. The summed E-state index contributed by atoms with van der Waals surface area (Å²) in [5.41, 5.74) is 15.2. The average molecular weight is 775 g/mol. The van der Waals surface area contributed by atoms with Gasteiger partial charge in [0, 0.05) is 42.2 Å². The fraction of sp³-hybridized carbons (Fsp3) is 0.0370. The van der Waals surface area contributed by atoms with Crippen LogP contribution >= 0.6 is 11.3 Å². The SMILES string of the molecule is C[Si]1(C)c2ccccc2-c2c(-c3cccc4c3sc3ccccc34)nc(-c3cccc(-c4cccc(-c5cc(-c6ccccc6)cc(-c6ccccc6)c5)c4)c3)nc21. The third kappa shape index (κ3) is 5.75. The Bertz CT molecular complexity index is 3140. The minimum atomic E-state index is -2.14. The maximum atomic E-state index is 5.56. The zero-order valence-electron chi connectivity index (χ0n) is 32.3. The maximum Gasteiger partial charge on any atom is 0.159 e. The monoisotopic (exact) mass is 774 g/mol. The highest BCUT2D eigenvalue weighted by atomic mass is 32.1. The molecule has 3 heterocycles. The van der Waals surface area contributed by atoms with Crippen LogP contribution in [-0.2, 0) is 0 Å². The van der Waals surface area contributed by atoms with E-state index in [0.29, 0.717) is 0 Å². The molecule has 0 atom stereocenters. The van der Waals surface area contributed by atoms with Gasteiger partial charge in [0.15, 0.2) is 5.82 Å². The quantitative estimate of drug-likeness (QED) is 0.157. The predicted molar refractivity (Wildman–Crippen MR) is 250 cm³/mol. The topological polar surface area (TPSA) is 25.8 Å². The van der Waals surface area contributed by atoms with E-state index >= 15 is 0 Å². The normalized spacial score (nSPS) is 12.8. The van der Waals surface area contributed by atoms with Gasteiger partial charge >= 0.3 is 0 Å². The summed E-state index contributed by atoms with van der Waals surface area (Å²) in [7, 11) is -2.14. The molecule has 0 saturated carbocycles. The summed E-state index contributed by atoms with van der Waals surface area (Å²) in [4.78, 5) is 11.1. The Balaban J connectivity index is 1.05. The van der Waals surface area contributed by atoms with Crippen molar-refractivity contribution in [1.29, 1.82) is 0 Å². The van der Waals surface area contributed by atoms with Gasteiger partial charge in [0.1, 0.15) is 8.07 Å². The zero-order chi connectivity index (χ0) is 38.8. The van der Waals surface area contributed by atoms with Crippen molar-refractivity contribution in [2.75, 3.05) is 0 Å². The number of hydrogen-bond donors (Lipinski definition) is 0. The molecule has 8 aromatic carbocycles. The van der Waals surface area contributed by atoms with E-state index in [9.17, 15) is 0 Å². The van der Waals surface area contributed by atoms with Crippen molar-refractivity contribution in [2.24, 2.45) is 0 Å². The molecule has 0 saturated heterocycles. The van der Waals surface area contributed by atoms with Crippen LogP contribution in [0.4, 0.5) is 0 Å². The number of nitrogens with zero attached hydrogens (tertiary/aromatic N) is 2. The van der Waals surface area contributed by atoms with E-state index in [4.69, 9.17) is 9.97 Å². The molecule has 4 heteroatoms. The third-order valence-electron chi connectivity index (χ3n) is 11.8. The summed E-state index contributed by atoms with van der Waals surface area (Å²) >= 11 is 1.86. The van der Waals surface area contributed by atoms with Crippen molar-refractivity contribution in [3.63, 3.8) is 0 Å². The van der Waals surface area contributed by atoms with Gasteiger partial charge in [-0.2, -0.15) is 0 Å². The molecule has 2 aromatic heterocycles. The molecule has 0 fully saturated rings. The molecular weight excluding hydrogens is 737 g/mol. The molecule has 0 spiro atoms. The molecule has 0 amide bonds. The highest BCUT2D eigenvalue weighted by Gasteiger charge is 2.41. The molecule has 0 unspecified atom stereocenters. The highest BCUT2D eigenvalue weighted by molar-refractivity contribution is 7.26. The lowest BCUT2D eigenvalue weighted by atomic mass is 9.92. The van der Waals surface area contributed by atoms with Crippen LogP contribution in [0.1, 0.15) is 0 Å². The molecule has 1 aliphatic heterocycles. The van der Waals surface area contributed by atoms with Crippen LogP contribution in [0.5, 0.6) is 0 Å². The summed E-state index contributed by atoms with van der Waals surface area (Å²) in [6, 6.07) is 70.4. The first kappa shape index (κ1) is 34.5. The van der Waals surface area contributed by atoms with Crippen molar-refractivity contribution in [1.82, 2.24) is 9.97 Å². The van der Waals surface area contributed by atoms with Gasteiger partial charge in [-0.25, -0.2) is 9.97 Å². The maximum absolute atomic E-state index is 5.56. The van der Waals surface area contributed by atoms with Gasteiger partial charge in [-0.15, -0.1) is 11.3 Å². The molecular formula is C54H38N2SSi. The van der Waals surface area contributed by atoms with E-state index in [0.717, 1.165) is 28.2 Å². The van der Waals surface area contributed by atoms with Crippen molar-refractivity contribution in [3.8, 4) is 78.3 Å². The second-order valence-corrected chi connectivity index (χ2v) is 21.1. The Kier molecular flexibility index (Phi) is 8.17. The van der Waals surface area contributed by atoms with Crippen LogP contribution in [0.25, 0.3) is 98.5 Å². The molecule has 0 radical (unpaired) electrons. The van der Waals surface area contributed by atoms with Crippen LogP contribution in [-0.4, -0.2) is 18.0 Å². The summed E-state index contributed by atoms with van der Waals surface area (Å²) in [6.45, 7) is 4.88. The van der Waals surface area contributed by atoms with E-state index in [2.05, 4.69) is 207 Å². The van der Waals surface area contributed by atoms with E-state index in [-0.39, 0.29) is 0 Å². The molecule has 274 valence electrons. The van der Waals surface area contributed by atoms with Crippen molar-refractivity contribution >= 4 is 50.1 Å². The Morgan fingerprint density at radius 3 is 1.59 bits per heavy atom. The first-order valence-corrected chi connectivity index (χ1v) is 23.7. The average Bonchev–Trinajstić information content (AvgIpc) is 3.79. The molecule has 1 aliphatic rings. The van der Waals surface area contributed by atoms with Crippen LogP contribution in [0.3, 0.4) is 0 Å². The van der Waals surface area contributed by atoms with Gasteiger partial charge in [-0.1, -0.05) is 171 Å². The fourth-order valence-electron chi connectivity index (χ4n) is 8.90. The van der Waals surface area contributed by atoms with Crippen molar-refractivity contribution < 1.29 is 0 Å². The summed E-state index contributed by atoms with van der Waals surface area (Å²) in [6.07, 6.45) is 0. The second kappa shape index (κ2) is 13.7. The molecule has 0 N–H and O–H groups in total. The molecule has 0 bridgehead atoms. The first-order valence-electron chi connectivity index (χ1n) is 19.9. The van der Waals surface area contributed by atoms with E-state index in [1.54, 1.807) is 0 Å². The number of rotatable bonds is 6. The number of fused-ring (bicyclic) bond motifs is 6. The fourth-order valence-corrected chi connectivity index (χ4v) is 13.0. The van der Waals surface area contributed by atoms with E-state index in [1.165, 1.54) is 80.7 Å².